The van der Waals surface area contributed by atoms with E-state index in [4.69, 9.17) is 28.2 Å². The Hall–Kier alpha value is -2.63. The molecule has 126 valence electrons. The summed E-state index contributed by atoms with van der Waals surface area (Å²) in [5.41, 5.74) is 2.92. The SMILES string of the molecule is Cc1ccccc1C(=O)NC(=S)Nc1ccc(-c2ccco2)c(Cl)c1. The van der Waals surface area contributed by atoms with Gasteiger partial charge in [0.1, 0.15) is 5.76 Å². The van der Waals surface area contributed by atoms with Crippen LogP contribution in [0.4, 0.5) is 5.69 Å². The standard InChI is InChI=1S/C19H15ClN2O2S/c1-12-5-2-3-6-14(12)18(23)22-19(25)21-13-8-9-15(16(20)11-13)17-7-4-10-24-17/h2-11H,1H3,(H2,21,22,23,25). The van der Waals surface area contributed by atoms with Crippen LogP contribution in [-0.2, 0) is 0 Å². The summed E-state index contributed by atoms with van der Waals surface area (Å²) in [7, 11) is 0. The summed E-state index contributed by atoms with van der Waals surface area (Å²) in [5, 5.41) is 6.35. The number of amides is 1. The van der Waals surface area contributed by atoms with Crippen LogP contribution in [0.15, 0.2) is 65.3 Å². The molecule has 0 aliphatic rings. The molecule has 1 aromatic heterocycles. The number of thiocarbonyl (C=S) groups is 1. The summed E-state index contributed by atoms with van der Waals surface area (Å²) >= 11 is 11.5. The van der Waals surface area contributed by atoms with Gasteiger partial charge in [-0.1, -0.05) is 29.8 Å². The van der Waals surface area contributed by atoms with Crippen LogP contribution in [0.25, 0.3) is 11.3 Å². The average molecular weight is 371 g/mol. The van der Waals surface area contributed by atoms with Gasteiger partial charge in [-0.25, -0.2) is 0 Å². The first-order chi connectivity index (χ1) is 12.0. The number of hydrogen-bond donors (Lipinski definition) is 2. The fourth-order valence-corrected chi connectivity index (χ4v) is 2.87. The topological polar surface area (TPSA) is 54.3 Å². The van der Waals surface area contributed by atoms with Crippen molar-refractivity contribution in [3.8, 4) is 11.3 Å². The molecule has 25 heavy (non-hydrogen) atoms. The number of anilines is 1. The fraction of sp³-hybridized carbons (Fsp3) is 0.0526. The van der Waals surface area contributed by atoms with Crippen molar-refractivity contribution in [1.29, 1.82) is 0 Å². The van der Waals surface area contributed by atoms with Crippen molar-refractivity contribution in [3.63, 3.8) is 0 Å². The molecule has 0 aliphatic heterocycles. The van der Waals surface area contributed by atoms with Crippen molar-refractivity contribution in [1.82, 2.24) is 5.32 Å². The zero-order valence-corrected chi connectivity index (χ0v) is 14.9. The highest BCUT2D eigenvalue weighted by Gasteiger charge is 2.11. The Balaban J connectivity index is 1.68. The highest BCUT2D eigenvalue weighted by atomic mass is 35.5. The number of carbonyl (C=O) groups is 1. The van der Waals surface area contributed by atoms with Crippen LogP contribution in [0, 0.1) is 6.92 Å². The molecule has 0 bridgehead atoms. The number of hydrogen-bond acceptors (Lipinski definition) is 3. The first kappa shape index (κ1) is 17.2. The summed E-state index contributed by atoms with van der Waals surface area (Å²) < 4.78 is 5.35. The lowest BCUT2D eigenvalue weighted by Gasteiger charge is -2.12. The molecule has 1 heterocycles. The van der Waals surface area contributed by atoms with Gasteiger partial charge in [0, 0.05) is 16.8 Å². The van der Waals surface area contributed by atoms with Gasteiger partial charge in [-0.05, 0) is 61.1 Å². The number of carbonyl (C=O) groups excluding carboxylic acids is 1. The average Bonchev–Trinajstić information content (AvgIpc) is 3.09. The maximum absolute atomic E-state index is 12.3. The Labute approximate surface area is 155 Å². The second kappa shape index (κ2) is 7.51. The summed E-state index contributed by atoms with van der Waals surface area (Å²) in [5.74, 6) is 0.431. The lowest BCUT2D eigenvalue weighted by Crippen LogP contribution is -2.34. The molecule has 0 saturated heterocycles. The van der Waals surface area contributed by atoms with Gasteiger partial charge in [0.25, 0.3) is 5.91 Å². The molecular weight excluding hydrogens is 356 g/mol. The zero-order chi connectivity index (χ0) is 17.8. The first-order valence-electron chi connectivity index (χ1n) is 7.56. The van der Waals surface area contributed by atoms with Gasteiger partial charge in [-0.3, -0.25) is 10.1 Å². The van der Waals surface area contributed by atoms with E-state index in [-0.39, 0.29) is 11.0 Å². The van der Waals surface area contributed by atoms with Crippen LogP contribution < -0.4 is 10.6 Å². The van der Waals surface area contributed by atoms with Crippen LogP contribution in [-0.4, -0.2) is 11.0 Å². The van der Waals surface area contributed by atoms with Gasteiger partial charge < -0.3 is 9.73 Å². The van der Waals surface area contributed by atoms with E-state index >= 15 is 0 Å². The maximum Gasteiger partial charge on any atom is 0.257 e. The number of halogens is 1. The van der Waals surface area contributed by atoms with E-state index in [1.165, 1.54) is 0 Å². The van der Waals surface area contributed by atoms with E-state index in [2.05, 4.69) is 10.6 Å². The van der Waals surface area contributed by atoms with Gasteiger partial charge >= 0.3 is 0 Å². The molecular formula is C19H15ClN2O2S. The van der Waals surface area contributed by atoms with Gasteiger partial charge in [0.05, 0.1) is 11.3 Å². The highest BCUT2D eigenvalue weighted by Crippen LogP contribution is 2.30. The van der Waals surface area contributed by atoms with Gasteiger partial charge in [0.15, 0.2) is 5.11 Å². The Morgan fingerprint density at radius 2 is 1.92 bits per heavy atom. The van der Waals surface area contributed by atoms with Crippen molar-refractivity contribution in [2.45, 2.75) is 6.92 Å². The number of rotatable bonds is 3. The van der Waals surface area contributed by atoms with Crippen LogP contribution in [0.3, 0.4) is 0 Å². The molecule has 0 atom stereocenters. The van der Waals surface area contributed by atoms with Gasteiger partial charge in [-0.2, -0.15) is 0 Å². The van der Waals surface area contributed by atoms with Crippen LogP contribution in [0.2, 0.25) is 5.02 Å². The zero-order valence-electron chi connectivity index (χ0n) is 13.4. The predicted molar refractivity (Wildman–Crippen MR) is 104 cm³/mol. The lowest BCUT2D eigenvalue weighted by molar-refractivity contribution is 0.0977. The molecule has 0 radical (unpaired) electrons. The normalized spacial score (nSPS) is 10.3. The second-order valence-electron chi connectivity index (χ2n) is 5.40. The maximum atomic E-state index is 12.3. The number of benzene rings is 2. The molecule has 0 aliphatic carbocycles. The number of furan rings is 1. The smallest absolute Gasteiger partial charge is 0.257 e. The van der Waals surface area contributed by atoms with E-state index in [0.29, 0.717) is 22.0 Å². The van der Waals surface area contributed by atoms with Crippen molar-refractivity contribution < 1.29 is 9.21 Å². The summed E-state index contributed by atoms with van der Waals surface area (Å²) in [6.45, 7) is 1.87. The molecule has 1 amide bonds. The molecule has 3 rings (SSSR count). The summed E-state index contributed by atoms with van der Waals surface area (Å²) in [6, 6.07) is 16.3. The molecule has 6 heteroatoms. The van der Waals surface area contributed by atoms with Gasteiger partial charge in [0.2, 0.25) is 0 Å². The largest absolute Gasteiger partial charge is 0.464 e. The second-order valence-corrected chi connectivity index (χ2v) is 6.21. The minimum absolute atomic E-state index is 0.204. The number of nitrogens with one attached hydrogen (secondary N) is 2. The Morgan fingerprint density at radius 3 is 2.60 bits per heavy atom. The monoisotopic (exact) mass is 370 g/mol. The Morgan fingerprint density at radius 1 is 1.12 bits per heavy atom. The molecule has 0 unspecified atom stereocenters. The summed E-state index contributed by atoms with van der Waals surface area (Å²) in [4.78, 5) is 12.3. The molecule has 2 N–H and O–H groups in total. The molecule has 0 spiro atoms. The molecule has 2 aromatic carbocycles. The summed E-state index contributed by atoms with van der Waals surface area (Å²) in [6.07, 6.45) is 1.59. The predicted octanol–water partition coefficient (Wildman–Crippen LogP) is 5.04. The third kappa shape index (κ3) is 4.07. The van der Waals surface area contributed by atoms with Crippen molar-refractivity contribution >= 4 is 40.5 Å². The van der Waals surface area contributed by atoms with E-state index in [1.54, 1.807) is 24.5 Å². The van der Waals surface area contributed by atoms with Crippen molar-refractivity contribution in [2.75, 3.05) is 5.32 Å². The van der Waals surface area contributed by atoms with Crippen molar-refractivity contribution in [2.24, 2.45) is 0 Å². The third-order valence-corrected chi connectivity index (χ3v) is 4.15. The molecule has 4 nitrogen and oxygen atoms in total. The van der Waals surface area contributed by atoms with Gasteiger partial charge in [-0.15, -0.1) is 0 Å². The van der Waals surface area contributed by atoms with E-state index in [0.717, 1.165) is 11.1 Å². The quantitative estimate of drug-likeness (QED) is 0.634. The molecule has 0 fully saturated rings. The van der Waals surface area contributed by atoms with E-state index in [9.17, 15) is 4.79 Å². The van der Waals surface area contributed by atoms with E-state index in [1.807, 2.05) is 43.3 Å². The van der Waals surface area contributed by atoms with Crippen molar-refractivity contribution in [3.05, 3.63) is 77.0 Å². The Bertz CT molecular complexity index is 923. The minimum Gasteiger partial charge on any atom is -0.464 e. The van der Waals surface area contributed by atoms with Crippen LogP contribution >= 0.6 is 23.8 Å². The third-order valence-electron chi connectivity index (χ3n) is 3.63. The Kier molecular flexibility index (Phi) is 5.16. The molecule has 3 aromatic rings. The van der Waals surface area contributed by atoms with Crippen LogP contribution in [0.5, 0.6) is 0 Å². The highest BCUT2D eigenvalue weighted by molar-refractivity contribution is 7.80. The minimum atomic E-state index is -0.256. The lowest BCUT2D eigenvalue weighted by atomic mass is 10.1. The molecule has 0 saturated carbocycles. The van der Waals surface area contributed by atoms with Crippen LogP contribution in [0.1, 0.15) is 15.9 Å². The first-order valence-corrected chi connectivity index (χ1v) is 8.34. The van der Waals surface area contributed by atoms with E-state index < -0.39 is 0 Å². The number of aryl methyl sites for hydroxylation is 1. The fourth-order valence-electron chi connectivity index (χ4n) is 2.38.